The Morgan fingerprint density at radius 3 is 2.75 bits per heavy atom. The molecule has 0 fully saturated rings. The van der Waals surface area contributed by atoms with Crippen LogP contribution in [0.1, 0.15) is 18.0 Å². The molecule has 122 valence electrons. The van der Waals surface area contributed by atoms with E-state index in [0.717, 1.165) is 5.69 Å². The number of rotatable bonds is 6. The van der Waals surface area contributed by atoms with E-state index in [9.17, 15) is 4.79 Å². The van der Waals surface area contributed by atoms with Crippen LogP contribution in [0.2, 0.25) is 5.02 Å². The topological polar surface area (TPSA) is 80.9 Å². The van der Waals surface area contributed by atoms with Gasteiger partial charge in [0.25, 0.3) is 0 Å². The molecule has 3 rings (SSSR count). The number of aryl methyl sites for hydroxylation is 1. The Morgan fingerprint density at radius 1 is 1.12 bits per heavy atom. The summed E-state index contributed by atoms with van der Waals surface area (Å²) in [5, 5.41) is 11.3. The Balaban J connectivity index is 1.52. The van der Waals surface area contributed by atoms with Crippen LogP contribution in [0.3, 0.4) is 0 Å². The van der Waals surface area contributed by atoms with Crippen molar-refractivity contribution in [3.8, 4) is 11.5 Å². The number of amides is 1. The molecule has 6 nitrogen and oxygen atoms in total. The van der Waals surface area contributed by atoms with Crippen molar-refractivity contribution in [2.24, 2.45) is 0 Å². The van der Waals surface area contributed by atoms with E-state index in [2.05, 4.69) is 20.5 Å². The number of carbonyl (C=O) groups is 1. The predicted octanol–water partition coefficient (Wildman–Crippen LogP) is 3.03. The summed E-state index contributed by atoms with van der Waals surface area (Å²) in [6, 6.07) is 12.8. The van der Waals surface area contributed by atoms with Crippen molar-refractivity contribution in [1.29, 1.82) is 0 Å². The third-order valence-corrected chi connectivity index (χ3v) is 3.66. The summed E-state index contributed by atoms with van der Waals surface area (Å²) in [5.74, 6) is 0.653. The molecule has 3 aromatic rings. The summed E-state index contributed by atoms with van der Waals surface area (Å²) in [4.78, 5) is 16.0. The molecule has 1 N–H and O–H groups in total. The van der Waals surface area contributed by atoms with Crippen molar-refractivity contribution >= 4 is 17.5 Å². The van der Waals surface area contributed by atoms with Gasteiger partial charge in [-0.25, -0.2) is 0 Å². The van der Waals surface area contributed by atoms with Gasteiger partial charge in [0, 0.05) is 19.0 Å². The van der Waals surface area contributed by atoms with Gasteiger partial charge in [0.2, 0.25) is 17.7 Å². The molecule has 0 bridgehead atoms. The molecule has 2 aromatic heterocycles. The molecule has 0 spiro atoms. The van der Waals surface area contributed by atoms with Crippen LogP contribution in [-0.2, 0) is 17.8 Å². The molecule has 0 saturated carbocycles. The lowest BCUT2D eigenvalue weighted by Crippen LogP contribution is -2.23. The molecule has 1 aromatic carbocycles. The van der Waals surface area contributed by atoms with Gasteiger partial charge >= 0.3 is 0 Å². The van der Waals surface area contributed by atoms with Gasteiger partial charge in [0.1, 0.15) is 0 Å². The Labute approximate surface area is 143 Å². The van der Waals surface area contributed by atoms with Crippen molar-refractivity contribution in [2.75, 3.05) is 0 Å². The van der Waals surface area contributed by atoms with Crippen LogP contribution in [0.5, 0.6) is 0 Å². The molecule has 0 unspecified atom stereocenters. The van der Waals surface area contributed by atoms with Crippen molar-refractivity contribution in [3.05, 3.63) is 65.3 Å². The minimum atomic E-state index is -0.0989. The fourth-order valence-corrected chi connectivity index (χ4v) is 2.32. The second-order valence-electron chi connectivity index (χ2n) is 5.08. The molecule has 0 aliphatic rings. The number of nitrogens with one attached hydrogen (secondary N) is 1. The molecular formula is C17H15ClN4O2. The average molecular weight is 343 g/mol. The number of hydrogen-bond donors (Lipinski definition) is 1. The Morgan fingerprint density at radius 2 is 1.96 bits per heavy atom. The molecule has 0 radical (unpaired) electrons. The van der Waals surface area contributed by atoms with Crippen LogP contribution >= 0.6 is 11.6 Å². The first kappa shape index (κ1) is 16.1. The molecular weight excluding hydrogens is 328 g/mol. The summed E-state index contributed by atoms with van der Waals surface area (Å²) in [5.41, 5.74) is 1.49. The number of carbonyl (C=O) groups excluding carboxylic acids is 1. The highest BCUT2D eigenvalue weighted by atomic mass is 35.5. The SMILES string of the molecule is O=C(CCc1nnc(-c2ccccc2Cl)o1)NCc1ccccn1. The molecule has 0 atom stereocenters. The smallest absolute Gasteiger partial charge is 0.249 e. The average Bonchev–Trinajstić information content (AvgIpc) is 3.08. The van der Waals surface area contributed by atoms with Crippen LogP contribution < -0.4 is 5.32 Å². The minimum Gasteiger partial charge on any atom is -0.421 e. The maximum Gasteiger partial charge on any atom is 0.249 e. The molecule has 0 saturated heterocycles. The highest BCUT2D eigenvalue weighted by Gasteiger charge is 2.12. The predicted molar refractivity (Wildman–Crippen MR) is 89.1 cm³/mol. The highest BCUT2D eigenvalue weighted by Crippen LogP contribution is 2.26. The van der Waals surface area contributed by atoms with Gasteiger partial charge in [0.05, 0.1) is 22.8 Å². The highest BCUT2D eigenvalue weighted by molar-refractivity contribution is 6.33. The number of pyridine rings is 1. The van der Waals surface area contributed by atoms with Crippen LogP contribution in [0.15, 0.2) is 53.1 Å². The van der Waals surface area contributed by atoms with Crippen LogP contribution in [0.4, 0.5) is 0 Å². The van der Waals surface area contributed by atoms with E-state index in [4.69, 9.17) is 16.0 Å². The Bertz CT molecular complexity index is 820. The summed E-state index contributed by atoms with van der Waals surface area (Å²) >= 11 is 6.10. The van der Waals surface area contributed by atoms with E-state index in [1.54, 1.807) is 18.3 Å². The summed E-state index contributed by atoms with van der Waals surface area (Å²) < 4.78 is 5.56. The number of aromatic nitrogens is 3. The van der Waals surface area contributed by atoms with Gasteiger partial charge in [0.15, 0.2) is 0 Å². The van der Waals surface area contributed by atoms with E-state index in [1.807, 2.05) is 30.3 Å². The lowest BCUT2D eigenvalue weighted by atomic mass is 10.2. The maximum absolute atomic E-state index is 11.9. The van der Waals surface area contributed by atoms with Crippen molar-refractivity contribution < 1.29 is 9.21 Å². The van der Waals surface area contributed by atoms with E-state index in [-0.39, 0.29) is 12.3 Å². The van der Waals surface area contributed by atoms with E-state index >= 15 is 0 Å². The monoisotopic (exact) mass is 342 g/mol. The minimum absolute atomic E-state index is 0.0989. The fourth-order valence-electron chi connectivity index (χ4n) is 2.10. The van der Waals surface area contributed by atoms with Crippen molar-refractivity contribution in [3.63, 3.8) is 0 Å². The molecule has 0 aliphatic heterocycles. The second-order valence-corrected chi connectivity index (χ2v) is 5.49. The zero-order valence-corrected chi connectivity index (χ0v) is 13.5. The summed E-state index contributed by atoms with van der Waals surface area (Å²) in [6.07, 6.45) is 2.32. The zero-order valence-electron chi connectivity index (χ0n) is 12.8. The van der Waals surface area contributed by atoms with Gasteiger partial charge in [-0.2, -0.15) is 0 Å². The van der Waals surface area contributed by atoms with E-state index < -0.39 is 0 Å². The number of hydrogen-bond acceptors (Lipinski definition) is 5. The lowest BCUT2D eigenvalue weighted by Gasteiger charge is -2.03. The Kier molecular flexibility index (Phi) is 5.18. The second kappa shape index (κ2) is 7.70. The zero-order chi connectivity index (χ0) is 16.8. The summed E-state index contributed by atoms with van der Waals surface area (Å²) in [7, 11) is 0. The normalized spacial score (nSPS) is 10.5. The van der Waals surface area contributed by atoms with E-state index in [1.165, 1.54) is 0 Å². The van der Waals surface area contributed by atoms with Crippen LogP contribution in [-0.4, -0.2) is 21.1 Å². The molecule has 0 aliphatic carbocycles. The van der Waals surface area contributed by atoms with Crippen molar-refractivity contribution in [2.45, 2.75) is 19.4 Å². The van der Waals surface area contributed by atoms with Crippen LogP contribution in [0, 0.1) is 0 Å². The standard InChI is InChI=1S/C17H15ClN4O2/c18-14-7-2-1-6-13(14)17-22-21-16(24-17)9-8-15(23)20-11-12-5-3-4-10-19-12/h1-7,10H,8-9,11H2,(H,20,23). The van der Waals surface area contributed by atoms with Gasteiger partial charge < -0.3 is 9.73 Å². The van der Waals surface area contributed by atoms with Gasteiger partial charge in [-0.05, 0) is 24.3 Å². The molecule has 7 heteroatoms. The van der Waals surface area contributed by atoms with Crippen molar-refractivity contribution in [1.82, 2.24) is 20.5 Å². The fraction of sp³-hybridized carbons (Fsp3) is 0.176. The van der Waals surface area contributed by atoms with Gasteiger partial charge in [-0.1, -0.05) is 29.8 Å². The van der Waals surface area contributed by atoms with Gasteiger partial charge in [-0.15, -0.1) is 10.2 Å². The largest absolute Gasteiger partial charge is 0.421 e. The third kappa shape index (κ3) is 4.17. The number of halogens is 1. The first-order chi connectivity index (χ1) is 11.7. The van der Waals surface area contributed by atoms with E-state index in [0.29, 0.717) is 35.3 Å². The molecule has 24 heavy (non-hydrogen) atoms. The summed E-state index contributed by atoms with van der Waals surface area (Å²) in [6.45, 7) is 0.397. The first-order valence-electron chi connectivity index (χ1n) is 7.46. The molecule has 2 heterocycles. The third-order valence-electron chi connectivity index (χ3n) is 3.33. The van der Waals surface area contributed by atoms with Gasteiger partial charge in [-0.3, -0.25) is 9.78 Å². The first-order valence-corrected chi connectivity index (χ1v) is 7.84. The quantitative estimate of drug-likeness (QED) is 0.744. The molecule has 1 amide bonds. The Hall–Kier alpha value is -2.73. The number of benzene rings is 1. The lowest BCUT2D eigenvalue weighted by molar-refractivity contribution is -0.121. The maximum atomic E-state index is 11.9. The number of nitrogens with zero attached hydrogens (tertiary/aromatic N) is 3. The van der Waals surface area contributed by atoms with Crippen LogP contribution in [0.25, 0.3) is 11.5 Å².